The summed E-state index contributed by atoms with van der Waals surface area (Å²) in [6.07, 6.45) is -3.15. The van der Waals surface area contributed by atoms with Crippen LogP contribution < -0.4 is 10.2 Å². The van der Waals surface area contributed by atoms with Gasteiger partial charge in [0.05, 0.1) is 10.6 Å². The van der Waals surface area contributed by atoms with Crippen LogP contribution in [0, 0.1) is 0 Å². The van der Waals surface area contributed by atoms with Gasteiger partial charge >= 0.3 is 6.18 Å². The van der Waals surface area contributed by atoms with Crippen LogP contribution in [0.2, 0.25) is 5.02 Å². The lowest BCUT2D eigenvalue weighted by molar-refractivity contribution is -0.137. The number of piperazine rings is 1. The van der Waals surface area contributed by atoms with Gasteiger partial charge in [0.15, 0.2) is 0 Å². The summed E-state index contributed by atoms with van der Waals surface area (Å²) < 4.78 is 38.8. The first kappa shape index (κ1) is 19.4. The fourth-order valence-electron chi connectivity index (χ4n) is 2.65. The number of likely N-dealkylation sites (N-methyl/N-ethyl adjacent to an activating group) is 1. The van der Waals surface area contributed by atoms with Crippen LogP contribution in [0.1, 0.15) is 16.1 Å². The third-order valence-corrected chi connectivity index (χ3v) is 4.52. The molecule has 0 radical (unpaired) electrons. The van der Waals surface area contributed by atoms with E-state index in [9.17, 15) is 18.0 Å². The number of hydrogen-bond donors (Lipinski definition) is 1. The quantitative estimate of drug-likeness (QED) is 0.859. The number of rotatable bonds is 3. The largest absolute Gasteiger partial charge is 0.417 e. The first-order valence-electron chi connectivity index (χ1n) is 8.18. The van der Waals surface area contributed by atoms with Crippen LogP contribution in [0.3, 0.4) is 0 Å². The molecule has 1 saturated heterocycles. The number of amides is 1. The van der Waals surface area contributed by atoms with Crippen molar-refractivity contribution in [3.63, 3.8) is 0 Å². The Hall–Kier alpha value is -2.39. The summed E-state index contributed by atoms with van der Waals surface area (Å²) >= 11 is 5.59. The Morgan fingerprint density at radius 3 is 2.56 bits per heavy atom. The first-order chi connectivity index (χ1) is 12.7. The molecular weight excluding hydrogens is 383 g/mol. The van der Waals surface area contributed by atoms with Gasteiger partial charge in [0.25, 0.3) is 5.91 Å². The first-order valence-corrected chi connectivity index (χ1v) is 8.56. The molecule has 10 heteroatoms. The minimum absolute atomic E-state index is 0.0171. The van der Waals surface area contributed by atoms with Gasteiger partial charge in [-0.05, 0) is 31.3 Å². The normalized spacial score (nSPS) is 15.7. The van der Waals surface area contributed by atoms with Crippen LogP contribution in [-0.4, -0.2) is 54.0 Å². The zero-order chi connectivity index (χ0) is 19.6. The monoisotopic (exact) mass is 399 g/mol. The van der Waals surface area contributed by atoms with Crippen molar-refractivity contribution in [1.29, 1.82) is 0 Å². The van der Waals surface area contributed by atoms with Crippen LogP contribution in [0.4, 0.5) is 24.8 Å². The molecule has 0 spiro atoms. The van der Waals surface area contributed by atoms with E-state index < -0.39 is 22.7 Å². The van der Waals surface area contributed by atoms with Gasteiger partial charge in [0.1, 0.15) is 5.69 Å². The topological polar surface area (TPSA) is 61.4 Å². The van der Waals surface area contributed by atoms with Gasteiger partial charge < -0.3 is 15.1 Å². The SMILES string of the molecule is CN1CCN(c2nccc(C(=O)Nc3ccc(Cl)c(C(F)(F)F)c3)n2)CC1. The number of carbonyl (C=O) groups is 1. The van der Waals surface area contributed by atoms with Crippen molar-refractivity contribution in [2.75, 3.05) is 43.4 Å². The van der Waals surface area contributed by atoms with Crippen molar-refractivity contribution in [2.45, 2.75) is 6.18 Å². The number of nitrogens with one attached hydrogen (secondary N) is 1. The van der Waals surface area contributed by atoms with Crippen LogP contribution in [0.25, 0.3) is 0 Å². The molecular formula is C17H17ClF3N5O. The van der Waals surface area contributed by atoms with Crippen LogP contribution >= 0.6 is 11.6 Å². The summed E-state index contributed by atoms with van der Waals surface area (Å²) in [7, 11) is 2.02. The highest BCUT2D eigenvalue weighted by molar-refractivity contribution is 6.31. The molecule has 1 N–H and O–H groups in total. The molecule has 0 aliphatic carbocycles. The molecule has 1 aliphatic heterocycles. The number of carbonyl (C=O) groups excluding carboxylic acids is 1. The molecule has 1 fully saturated rings. The van der Waals surface area contributed by atoms with E-state index in [4.69, 9.17) is 11.6 Å². The van der Waals surface area contributed by atoms with Crippen molar-refractivity contribution in [1.82, 2.24) is 14.9 Å². The van der Waals surface area contributed by atoms with Crippen molar-refractivity contribution in [2.24, 2.45) is 0 Å². The van der Waals surface area contributed by atoms with Crippen molar-refractivity contribution >= 4 is 29.1 Å². The third-order valence-electron chi connectivity index (χ3n) is 4.19. The van der Waals surface area contributed by atoms with E-state index in [-0.39, 0.29) is 11.4 Å². The maximum atomic E-state index is 12.9. The number of alkyl halides is 3. The highest BCUT2D eigenvalue weighted by Gasteiger charge is 2.33. The van der Waals surface area contributed by atoms with Gasteiger partial charge in [0, 0.05) is 38.1 Å². The Morgan fingerprint density at radius 2 is 1.89 bits per heavy atom. The van der Waals surface area contributed by atoms with E-state index in [1.807, 2.05) is 11.9 Å². The average Bonchev–Trinajstić information content (AvgIpc) is 2.63. The molecule has 1 aromatic carbocycles. The van der Waals surface area contributed by atoms with Gasteiger partial charge in [-0.25, -0.2) is 9.97 Å². The lowest BCUT2D eigenvalue weighted by atomic mass is 10.2. The lowest BCUT2D eigenvalue weighted by Crippen LogP contribution is -2.45. The van der Waals surface area contributed by atoms with Crippen molar-refractivity contribution in [3.05, 3.63) is 46.7 Å². The molecule has 0 atom stereocenters. The van der Waals surface area contributed by atoms with E-state index in [0.29, 0.717) is 5.95 Å². The molecule has 0 bridgehead atoms. The standard InChI is InChI=1S/C17H17ClF3N5O/c1-25-6-8-26(9-7-25)16-22-5-4-14(24-16)15(27)23-11-2-3-13(18)12(10-11)17(19,20)21/h2-5,10H,6-9H2,1H3,(H,23,27). The average molecular weight is 400 g/mol. The third kappa shape index (κ3) is 4.67. The van der Waals surface area contributed by atoms with E-state index in [0.717, 1.165) is 38.3 Å². The Labute approximate surface area is 159 Å². The van der Waals surface area contributed by atoms with E-state index in [1.165, 1.54) is 18.3 Å². The predicted molar refractivity (Wildman–Crippen MR) is 96.1 cm³/mol. The zero-order valence-electron chi connectivity index (χ0n) is 14.4. The second kappa shape index (κ2) is 7.69. The molecule has 2 aromatic rings. The molecule has 3 rings (SSSR count). The van der Waals surface area contributed by atoms with Gasteiger partial charge in [-0.15, -0.1) is 0 Å². The second-order valence-electron chi connectivity index (χ2n) is 6.18. The maximum Gasteiger partial charge on any atom is 0.417 e. The number of anilines is 2. The Morgan fingerprint density at radius 1 is 1.19 bits per heavy atom. The number of hydrogen-bond acceptors (Lipinski definition) is 5. The highest BCUT2D eigenvalue weighted by Crippen LogP contribution is 2.36. The number of benzene rings is 1. The molecule has 1 aliphatic rings. The summed E-state index contributed by atoms with van der Waals surface area (Å²) in [6.45, 7) is 3.16. The number of nitrogens with zero attached hydrogens (tertiary/aromatic N) is 4. The van der Waals surface area contributed by atoms with Gasteiger partial charge in [0.2, 0.25) is 5.95 Å². The number of halogens is 4. The van der Waals surface area contributed by atoms with Gasteiger partial charge in [-0.1, -0.05) is 11.6 Å². The van der Waals surface area contributed by atoms with Crippen molar-refractivity contribution in [3.8, 4) is 0 Å². The minimum Gasteiger partial charge on any atom is -0.338 e. The summed E-state index contributed by atoms with van der Waals surface area (Å²) in [5, 5.41) is 1.99. The predicted octanol–water partition coefficient (Wildman–Crippen LogP) is 3.15. The minimum atomic E-state index is -4.61. The van der Waals surface area contributed by atoms with Crippen LogP contribution in [0.15, 0.2) is 30.5 Å². The summed E-state index contributed by atoms with van der Waals surface area (Å²) in [4.78, 5) is 25.0. The highest BCUT2D eigenvalue weighted by atomic mass is 35.5. The number of aromatic nitrogens is 2. The van der Waals surface area contributed by atoms with E-state index in [1.54, 1.807) is 0 Å². The van der Waals surface area contributed by atoms with E-state index >= 15 is 0 Å². The summed E-state index contributed by atoms with van der Waals surface area (Å²) in [6, 6.07) is 4.60. The molecule has 144 valence electrons. The molecule has 6 nitrogen and oxygen atoms in total. The molecule has 0 unspecified atom stereocenters. The molecule has 0 saturated carbocycles. The fraction of sp³-hybridized carbons (Fsp3) is 0.353. The fourth-order valence-corrected chi connectivity index (χ4v) is 2.87. The van der Waals surface area contributed by atoms with Crippen molar-refractivity contribution < 1.29 is 18.0 Å². The second-order valence-corrected chi connectivity index (χ2v) is 6.59. The van der Waals surface area contributed by atoms with Crippen LogP contribution in [-0.2, 0) is 6.18 Å². The molecule has 2 heterocycles. The Bertz CT molecular complexity index is 838. The lowest BCUT2D eigenvalue weighted by Gasteiger charge is -2.32. The summed E-state index contributed by atoms with van der Waals surface area (Å²) in [5.41, 5.74) is -0.957. The Kier molecular flexibility index (Phi) is 5.52. The maximum absolute atomic E-state index is 12.9. The molecule has 27 heavy (non-hydrogen) atoms. The van der Waals surface area contributed by atoms with Gasteiger partial charge in [-0.2, -0.15) is 13.2 Å². The van der Waals surface area contributed by atoms with Gasteiger partial charge in [-0.3, -0.25) is 4.79 Å². The zero-order valence-corrected chi connectivity index (χ0v) is 15.2. The Balaban J connectivity index is 1.76. The molecule has 1 amide bonds. The van der Waals surface area contributed by atoms with E-state index in [2.05, 4.69) is 20.2 Å². The smallest absolute Gasteiger partial charge is 0.338 e. The van der Waals surface area contributed by atoms with Crippen LogP contribution in [0.5, 0.6) is 0 Å². The molecule has 1 aromatic heterocycles. The summed E-state index contributed by atoms with van der Waals surface area (Å²) in [5.74, 6) is -0.203.